The fourth-order valence-electron chi connectivity index (χ4n) is 3.58. The molecule has 7 heteroatoms. The maximum atomic E-state index is 12.7. The van der Waals surface area contributed by atoms with Gasteiger partial charge in [0.15, 0.2) is 0 Å². The Balaban J connectivity index is 1.76. The Morgan fingerprint density at radius 1 is 1.07 bits per heavy atom. The van der Waals surface area contributed by atoms with Crippen molar-refractivity contribution in [1.29, 1.82) is 0 Å². The minimum Gasteiger partial charge on any atom is -0.496 e. The number of hydrogen-bond donors (Lipinski definition) is 1. The lowest BCUT2D eigenvalue weighted by Crippen LogP contribution is -2.36. The summed E-state index contributed by atoms with van der Waals surface area (Å²) in [5, 5.41) is 3.77. The van der Waals surface area contributed by atoms with E-state index < -0.39 is 5.97 Å². The van der Waals surface area contributed by atoms with Gasteiger partial charge in [-0.05, 0) is 26.2 Å². The summed E-state index contributed by atoms with van der Waals surface area (Å²) < 4.78 is 12.1. The number of hydrogen-bond acceptors (Lipinski definition) is 5. The molecule has 0 spiro atoms. The van der Waals surface area contributed by atoms with E-state index in [9.17, 15) is 9.59 Å². The third-order valence-corrected chi connectivity index (χ3v) is 5.12. The van der Waals surface area contributed by atoms with Crippen LogP contribution in [0.3, 0.4) is 0 Å². The number of likely N-dealkylation sites (N-methyl/N-ethyl adjacent to an activating group) is 1. The van der Waals surface area contributed by atoms with Crippen LogP contribution < -0.4 is 10.1 Å². The highest BCUT2D eigenvalue weighted by atomic mass is 16.5. The number of methoxy groups -OCH3 is 2. The Morgan fingerprint density at radius 3 is 2.47 bits per heavy atom. The van der Waals surface area contributed by atoms with Gasteiger partial charge in [0, 0.05) is 29.2 Å². The standard InChI is InChI=1S/C23H27N3O4/c1-25(2)20(17-10-6-8-12-21(17)29-3)13-24-22(27)15-26-14-18(23(28)30-4)16-9-5-7-11-19(16)26/h5-12,14,20H,13,15H2,1-4H3,(H,24,27)/t20-/m0/s1. The van der Waals surface area contributed by atoms with Crippen molar-refractivity contribution in [2.75, 3.05) is 34.9 Å². The third-order valence-electron chi connectivity index (χ3n) is 5.12. The number of para-hydroxylation sites is 2. The first-order valence-electron chi connectivity index (χ1n) is 9.68. The number of nitrogens with zero attached hydrogens (tertiary/aromatic N) is 2. The number of aromatic nitrogens is 1. The average molecular weight is 409 g/mol. The molecule has 3 aromatic rings. The molecule has 0 saturated carbocycles. The van der Waals surface area contributed by atoms with Crippen LogP contribution in [0, 0.1) is 0 Å². The van der Waals surface area contributed by atoms with Crippen LogP contribution in [0.25, 0.3) is 10.9 Å². The molecule has 1 N–H and O–H groups in total. The summed E-state index contributed by atoms with van der Waals surface area (Å²) in [7, 11) is 6.91. The van der Waals surface area contributed by atoms with Crippen molar-refractivity contribution in [2.45, 2.75) is 12.6 Å². The van der Waals surface area contributed by atoms with Crippen LogP contribution in [0.5, 0.6) is 5.75 Å². The molecule has 7 nitrogen and oxygen atoms in total. The van der Waals surface area contributed by atoms with Gasteiger partial charge in [-0.15, -0.1) is 0 Å². The molecule has 2 aromatic carbocycles. The summed E-state index contributed by atoms with van der Waals surface area (Å²) in [6, 6.07) is 15.2. The lowest BCUT2D eigenvalue weighted by molar-refractivity contribution is -0.121. The van der Waals surface area contributed by atoms with Gasteiger partial charge in [0.1, 0.15) is 12.3 Å². The molecule has 1 aromatic heterocycles. The molecule has 1 amide bonds. The predicted molar refractivity (Wildman–Crippen MR) is 116 cm³/mol. The molecule has 0 fully saturated rings. The number of carbonyl (C=O) groups is 2. The van der Waals surface area contributed by atoms with Crippen molar-refractivity contribution in [3.63, 3.8) is 0 Å². The third kappa shape index (κ3) is 4.46. The van der Waals surface area contributed by atoms with E-state index in [1.165, 1.54) is 7.11 Å². The highest BCUT2D eigenvalue weighted by Crippen LogP contribution is 2.27. The number of amides is 1. The topological polar surface area (TPSA) is 72.8 Å². The highest BCUT2D eigenvalue weighted by Gasteiger charge is 2.20. The molecule has 0 saturated heterocycles. The molecular weight excluding hydrogens is 382 g/mol. The van der Waals surface area contributed by atoms with Gasteiger partial charge in [-0.1, -0.05) is 36.4 Å². The number of nitrogens with one attached hydrogen (secondary N) is 1. The molecule has 0 aliphatic carbocycles. The van der Waals surface area contributed by atoms with Gasteiger partial charge in [-0.2, -0.15) is 0 Å². The number of rotatable bonds is 8. The van der Waals surface area contributed by atoms with E-state index in [-0.39, 0.29) is 18.5 Å². The maximum Gasteiger partial charge on any atom is 0.340 e. The van der Waals surface area contributed by atoms with Gasteiger partial charge in [0.05, 0.1) is 25.8 Å². The fourth-order valence-corrected chi connectivity index (χ4v) is 3.58. The maximum absolute atomic E-state index is 12.7. The van der Waals surface area contributed by atoms with Crippen LogP contribution >= 0.6 is 0 Å². The van der Waals surface area contributed by atoms with Gasteiger partial charge < -0.3 is 24.3 Å². The number of esters is 1. The molecular formula is C23H27N3O4. The van der Waals surface area contributed by atoms with E-state index in [0.29, 0.717) is 12.1 Å². The molecule has 0 radical (unpaired) electrons. The minimum absolute atomic E-state index is 0.0443. The molecule has 0 aliphatic heterocycles. The van der Waals surface area contributed by atoms with Gasteiger partial charge in [0.25, 0.3) is 0 Å². The van der Waals surface area contributed by atoms with E-state index in [0.717, 1.165) is 22.2 Å². The summed E-state index contributed by atoms with van der Waals surface area (Å²) in [5.41, 5.74) is 2.26. The Labute approximate surface area is 176 Å². The van der Waals surface area contributed by atoms with E-state index in [1.54, 1.807) is 17.9 Å². The molecule has 158 valence electrons. The van der Waals surface area contributed by atoms with Crippen molar-refractivity contribution < 1.29 is 19.1 Å². The van der Waals surface area contributed by atoms with Crippen molar-refractivity contribution in [1.82, 2.24) is 14.8 Å². The zero-order chi connectivity index (χ0) is 21.7. The zero-order valence-electron chi connectivity index (χ0n) is 17.7. The second-order valence-electron chi connectivity index (χ2n) is 7.20. The molecule has 3 rings (SSSR count). The molecule has 1 heterocycles. The quantitative estimate of drug-likeness (QED) is 0.579. The molecule has 0 bridgehead atoms. The largest absolute Gasteiger partial charge is 0.496 e. The van der Waals surface area contributed by atoms with E-state index in [4.69, 9.17) is 9.47 Å². The van der Waals surface area contributed by atoms with E-state index in [1.807, 2.05) is 67.5 Å². The first kappa shape index (κ1) is 21.4. The molecule has 30 heavy (non-hydrogen) atoms. The van der Waals surface area contributed by atoms with Crippen LogP contribution in [-0.2, 0) is 16.1 Å². The van der Waals surface area contributed by atoms with Crippen LogP contribution in [-0.4, -0.2) is 56.2 Å². The molecule has 1 atom stereocenters. The molecule has 0 aliphatic rings. The van der Waals surface area contributed by atoms with Crippen molar-refractivity contribution in [3.05, 3.63) is 65.9 Å². The van der Waals surface area contributed by atoms with Gasteiger partial charge in [-0.3, -0.25) is 4.79 Å². The first-order valence-corrected chi connectivity index (χ1v) is 9.68. The Hall–Kier alpha value is -3.32. The van der Waals surface area contributed by atoms with Crippen molar-refractivity contribution >= 4 is 22.8 Å². The summed E-state index contributed by atoms with van der Waals surface area (Å²) in [6.45, 7) is 0.527. The summed E-state index contributed by atoms with van der Waals surface area (Å²) in [4.78, 5) is 26.8. The average Bonchev–Trinajstić information content (AvgIpc) is 3.12. The summed E-state index contributed by atoms with van der Waals surface area (Å²) in [6.07, 6.45) is 1.67. The van der Waals surface area contributed by atoms with Crippen LogP contribution in [0.2, 0.25) is 0 Å². The normalized spacial score (nSPS) is 12.0. The van der Waals surface area contributed by atoms with Crippen molar-refractivity contribution in [2.24, 2.45) is 0 Å². The van der Waals surface area contributed by atoms with Gasteiger partial charge >= 0.3 is 5.97 Å². The number of fused-ring (bicyclic) bond motifs is 1. The zero-order valence-corrected chi connectivity index (χ0v) is 17.7. The first-order chi connectivity index (χ1) is 14.5. The number of carbonyl (C=O) groups excluding carboxylic acids is 2. The number of ether oxygens (including phenoxy) is 2. The summed E-state index contributed by atoms with van der Waals surface area (Å²) >= 11 is 0. The van der Waals surface area contributed by atoms with E-state index >= 15 is 0 Å². The lowest BCUT2D eigenvalue weighted by atomic mass is 10.0. The Morgan fingerprint density at radius 2 is 1.77 bits per heavy atom. The monoisotopic (exact) mass is 409 g/mol. The Bertz CT molecular complexity index is 1040. The smallest absolute Gasteiger partial charge is 0.340 e. The fraction of sp³-hybridized carbons (Fsp3) is 0.304. The number of benzene rings is 2. The van der Waals surface area contributed by atoms with Crippen LogP contribution in [0.4, 0.5) is 0 Å². The van der Waals surface area contributed by atoms with Gasteiger partial charge in [0.2, 0.25) is 5.91 Å². The lowest BCUT2D eigenvalue weighted by Gasteiger charge is -2.26. The van der Waals surface area contributed by atoms with Crippen LogP contribution in [0.15, 0.2) is 54.7 Å². The summed E-state index contributed by atoms with van der Waals surface area (Å²) in [5.74, 6) is 0.215. The predicted octanol–water partition coefficient (Wildman–Crippen LogP) is 2.86. The van der Waals surface area contributed by atoms with Gasteiger partial charge in [-0.25, -0.2) is 4.79 Å². The second kappa shape index (κ2) is 9.45. The van der Waals surface area contributed by atoms with Crippen molar-refractivity contribution in [3.8, 4) is 5.75 Å². The minimum atomic E-state index is -0.422. The van der Waals surface area contributed by atoms with Crippen LogP contribution in [0.1, 0.15) is 22.0 Å². The highest BCUT2D eigenvalue weighted by molar-refractivity contribution is 6.04. The second-order valence-corrected chi connectivity index (χ2v) is 7.20. The van der Waals surface area contributed by atoms with E-state index in [2.05, 4.69) is 5.32 Å². The molecule has 0 unspecified atom stereocenters. The Kier molecular flexibility index (Phi) is 6.74. The SMILES string of the molecule is COC(=O)c1cn(CC(=O)NC[C@@H](c2ccccc2OC)N(C)C)c2ccccc12.